The van der Waals surface area contributed by atoms with Crippen LogP contribution in [0.3, 0.4) is 0 Å². The van der Waals surface area contributed by atoms with Crippen LogP contribution < -0.4 is 5.32 Å². The maximum absolute atomic E-state index is 11.7. The van der Waals surface area contributed by atoms with Crippen LogP contribution in [0.25, 0.3) is 6.08 Å². The lowest BCUT2D eigenvalue weighted by Gasteiger charge is -2.07. The number of rotatable bonds is 4. The molecule has 0 saturated carbocycles. The molecule has 0 unspecified atom stereocenters. The van der Waals surface area contributed by atoms with E-state index in [2.05, 4.69) is 5.32 Å². The van der Waals surface area contributed by atoms with Crippen LogP contribution in [0, 0.1) is 11.3 Å². The summed E-state index contributed by atoms with van der Waals surface area (Å²) in [5, 5.41) is 11.7. The van der Waals surface area contributed by atoms with E-state index in [0.717, 1.165) is 10.5 Å². The normalized spacial score (nSPS) is 11.2. The quantitative estimate of drug-likeness (QED) is 0.514. The van der Waals surface area contributed by atoms with Crippen LogP contribution >= 0.6 is 11.8 Å². The average Bonchev–Trinajstić information content (AvgIpc) is 2.35. The molecular formula is C14H16N2OS. The molecule has 0 spiro atoms. The molecule has 94 valence electrons. The molecule has 4 heteroatoms. The molecule has 1 aromatic rings. The zero-order chi connectivity index (χ0) is 13.5. The summed E-state index contributed by atoms with van der Waals surface area (Å²) in [7, 11) is 0. The fourth-order valence-electron chi connectivity index (χ4n) is 1.36. The first-order chi connectivity index (χ1) is 8.56. The standard InChI is InChI=1S/C14H16N2OS/c1-10(2)16-14(17)12(9-15)8-11-4-6-13(18-3)7-5-11/h4-8,10H,1-3H3,(H,16,17)/b12-8+. The summed E-state index contributed by atoms with van der Waals surface area (Å²) in [6.45, 7) is 3.72. The molecule has 0 heterocycles. The van der Waals surface area contributed by atoms with Crippen LogP contribution in [0.2, 0.25) is 0 Å². The van der Waals surface area contributed by atoms with Gasteiger partial charge in [0.1, 0.15) is 11.6 Å². The first kappa shape index (κ1) is 14.3. The van der Waals surface area contributed by atoms with Gasteiger partial charge in [0.25, 0.3) is 5.91 Å². The number of nitrogens with zero attached hydrogens (tertiary/aromatic N) is 1. The van der Waals surface area contributed by atoms with Crippen LogP contribution in [0.15, 0.2) is 34.7 Å². The van der Waals surface area contributed by atoms with Crippen molar-refractivity contribution in [2.24, 2.45) is 0 Å². The summed E-state index contributed by atoms with van der Waals surface area (Å²) in [6, 6.07) is 9.67. The molecule has 0 aromatic heterocycles. The van der Waals surface area contributed by atoms with E-state index in [-0.39, 0.29) is 17.5 Å². The van der Waals surface area contributed by atoms with Crippen LogP contribution in [0.1, 0.15) is 19.4 Å². The molecule has 1 amide bonds. The van der Waals surface area contributed by atoms with Gasteiger partial charge in [-0.15, -0.1) is 11.8 Å². The van der Waals surface area contributed by atoms with E-state index in [4.69, 9.17) is 5.26 Å². The predicted octanol–water partition coefficient (Wildman–Crippen LogP) is 2.84. The van der Waals surface area contributed by atoms with Crippen LogP contribution in [-0.4, -0.2) is 18.2 Å². The number of hydrogen-bond donors (Lipinski definition) is 1. The maximum Gasteiger partial charge on any atom is 0.262 e. The van der Waals surface area contributed by atoms with E-state index in [1.54, 1.807) is 17.8 Å². The predicted molar refractivity (Wildman–Crippen MR) is 75.1 cm³/mol. The number of carbonyl (C=O) groups excluding carboxylic acids is 1. The minimum absolute atomic E-state index is 0.0214. The van der Waals surface area contributed by atoms with Gasteiger partial charge >= 0.3 is 0 Å². The highest BCUT2D eigenvalue weighted by atomic mass is 32.2. The lowest BCUT2D eigenvalue weighted by Crippen LogP contribution is -2.30. The van der Waals surface area contributed by atoms with Crippen LogP contribution in [-0.2, 0) is 4.79 Å². The molecule has 3 nitrogen and oxygen atoms in total. The highest BCUT2D eigenvalue weighted by Gasteiger charge is 2.09. The fraction of sp³-hybridized carbons (Fsp3) is 0.286. The van der Waals surface area contributed by atoms with E-state index in [1.807, 2.05) is 50.4 Å². The third kappa shape index (κ3) is 4.27. The lowest BCUT2D eigenvalue weighted by molar-refractivity contribution is -0.117. The number of carbonyl (C=O) groups is 1. The van der Waals surface area contributed by atoms with Gasteiger partial charge in [0.2, 0.25) is 0 Å². The van der Waals surface area contributed by atoms with Gasteiger partial charge in [-0.05, 0) is 43.9 Å². The molecule has 0 saturated heterocycles. The zero-order valence-corrected chi connectivity index (χ0v) is 11.5. The summed E-state index contributed by atoms with van der Waals surface area (Å²) in [5.41, 5.74) is 0.976. The number of nitriles is 1. The third-order valence-electron chi connectivity index (χ3n) is 2.21. The fourth-order valence-corrected chi connectivity index (χ4v) is 1.76. The van der Waals surface area contributed by atoms with Gasteiger partial charge in [0.05, 0.1) is 0 Å². The van der Waals surface area contributed by atoms with Gasteiger partial charge in [0, 0.05) is 10.9 Å². The summed E-state index contributed by atoms with van der Waals surface area (Å²) in [5.74, 6) is -0.332. The molecular weight excluding hydrogens is 244 g/mol. The van der Waals surface area contributed by atoms with Crippen LogP contribution in [0.4, 0.5) is 0 Å². The third-order valence-corrected chi connectivity index (χ3v) is 2.96. The lowest BCUT2D eigenvalue weighted by atomic mass is 10.1. The highest BCUT2D eigenvalue weighted by molar-refractivity contribution is 7.98. The van der Waals surface area contributed by atoms with Crippen molar-refractivity contribution < 1.29 is 4.79 Å². The minimum Gasteiger partial charge on any atom is -0.349 e. The van der Waals surface area contributed by atoms with E-state index < -0.39 is 0 Å². The second-order valence-electron chi connectivity index (χ2n) is 4.07. The molecule has 1 aromatic carbocycles. The Morgan fingerprint density at radius 2 is 2.00 bits per heavy atom. The summed E-state index contributed by atoms with van der Waals surface area (Å²) in [6.07, 6.45) is 3.60. The van der Waals surface area contributed by atoms with Gasteiger partial charge in [-0.3, -0.25) is 4.79 Å². The molecule has 0 bridgehead atoms. The zero-order valence-electron chi connectivity index (χ0n) is 10.7. The second kappa shape index (κ2) is 6.87. The Morgan fingerprint density at radius 1 is 1.39 bits per heavy atom. The van der Waals surface area contributed by atoms with Crippen LogP contribution in [0.5, 0.6) is 0 Å². The number of amides is 1. The van der Waals surface area contributed by atoms with Crippen molar-refractivity contribution in [3.63, 3.8) is 0 Å². The first-order valence-corrected chi connectivity index (χ1v) is 6.86. The van der Waals surface area contributed by atoms with Crippen molar-refractivity contribution in [3.8, 4) is 6.07 Å². The molecule has 0 aliphatic heterocycles. The highest BCUT2D eigenvalue weighted by Crippen LogP contribution is 2.16. The molecule has 0 radical (unpaired) electrons. The van der Waals surface area contributed by atoms with E-state index in [0.29, 0.717) is 0 Å². The maximum atomic E-state index is 11.7. The van der Waals surface area contributed by atoms with Crippen molar-refractivity contribution >= 4 is 23.7 Å². The van der Waals surface area contributed by atoms with Gasteiger partial charge in [-0.1, -0.05) is 12.1 Å². The molecule has 1 rings (SSSR count). The molecule has 1 N–H and O–H groups in total. The monoisotopic (exact) mass is 260 g/mol. The number of hydrogen-bond acceptors (Lipinski definition) is 3. The molecule has 0 atom stereocenters. The van der Waals surface area contributed by atoms with Crippen molar-refractivity contribution in [1.82, 2.24) is 5.32 Å². The van der Waals surface area contributed by atoms with Gasteiger partial charge in [0.15, 0.2) is 0 Å². The minimum atomic E-state index is -0.332. The molecule has 0 aliphatic rings. The smallest absolute Gasteiger partial charge is 0.262 e. The molecule has 18 heavy (non-hydrogen) atoms. The summed E-state index contributed by atoms with van der Waals surface area (Å²) >= 11 is 1.65. The summed E-state index contributed by atoms with van der Waals surface area (Å²) < 4.78 is 0. The van der Waals surface area contributed by atoms with Crippen molar-refractivity contribution in [2.45, 2.75) is 24.8 Å². The molecule has 0 aliphatic carbocycles. The Kier molecular flexibility index (Phi) is 5.47. The largest absolute Gasteiger partial charge is 0.349 e. The average molecular weight is 260 g/mol. The molecule has 0 fully saturated rings. The van der Waals surface area contributed by atoms with Crippen molar-refractivity contribution in [1.29, 1.82) is 5.26 Å². The summed E-state index contributed by atoms with van der Waals surface area (Å²) in [4.78, 5) is 12.9. The number of nitrogens with one attached hydrogen (secondary N) is 1. The Hall–Kier alpha value is -1.73. The van der Waals surface area contributed by atoms with E-state index in [1.165, 1.54) is 0 Å². The topological polar surface area (TPSA) is 52.9 Å². The van der Waals surface area contributed by atoms with Crippen molar-refractivity contribution in [3.05, 3.63) is 35.4 Å². The van der Waals surface area contributed by atoms with Gasteiger partial charge in [-0.25, -0.2) is 0 Å². The van der Waals surface area contributed by atoms with E-state index in [9.17, 15) is 4.79 Å². The number of thioether (sulfide) groups is 1. The number of benzene rings is 1. The Morgan fingerprint density at radius 3 is 2.44 bits per heavy atom. The van der Waals surface area contributed by atoms with E-state index >= 15 is 0 Å². The Balaban J connectivity index is 2.90. The van der Waals surface area contributed by atoms with Crippen molar-refractivity contribution in [2.75, 3.05) is 6.26 Å². The Bertz CT molecular complexity index is 484. The Labute approximate surface area is 112 Å². The first-order valence-electron chi connectivity index (χ1n) is 5.63. The second-order valence-corrected chi connectivity index (χ2v) is 4.95. The SMILES string of the molecule is CSc1ccc(/C=C(\C#N)C(=O)NC(C)C)cc1. The van der Waals surface area contributed by atoms with Gasteiger partial charge in [-0.2, -0.15) is 5.26 Å². The van der Waals surface area contributed by atoms with Gasteiger partial charge < -0.3 is 5.32 Å².